The summed E-state index contributed by atoms with van der Waals surface area (Å²) in [5.41, 5.74) is 0.699. The average Bonchev–Trinajstić information content (AvgIpc) is 2.71. The van der Waals surface area contributed by atoms with Crippen LogP contribution in [0.25, 0.3) is 11.0 Å². The van der Waals surface area contributed by atoms with Gasteiger partial charge in [-0.2, -0.15) is 0 Å². The van der Waals surface area contributed by atoms with Crippen LogP contribution >= 0.6 is 11.6 Å². The summed E-state index contributed by atoms with van der Waals surface area (Å²) in [6, 6.07) is 3.46. The molecule has 1 amide bonds. The van der Waals surface area contributed by atoms with Gasteiger partial charge in [-0.05, 0) is 63.2 Å². The number of piperidine rings is 2. The Bertz CT molecular complexity index is 985. The van der Waals surface area contributed by atoms with E-state index in [1.54, 1.807) is 13.0 Å². The SMILES string of the molecule is Cc1c(CC(=O)NCC2CCCN3CCCCC23)c(=O)oc2cc(O)c(Cl)cc12. The van der Waals surface area contributed by atoms with Gasteiger partial charge in [0.25, 0.3) is 0 Å². The second-order valence-corrected chi connectivity index (χ2v) is 8.68. The van der Waals surface area contributed by atoms with Gasteiger partial charge in [0.15, 0.2) is 0 Å². The summed E-state index contributed by atoms with van der Waals surface area (Å²) in [5, 5.41) is 13.6. The number of rotatable bonds is 4. The molecule has 1 aromatic carbocycles. The minimum absolute atomic E-state index is 0.0241. The van der Waals surface area contributed by atoms with Crippen LogP contribution in [0.5, 0.6) is 5.75 Å². The van der Waals surface area contributed by atoms with Crippen molar-refractivity contribution >= 4 is 28.5 Å². The van der Waals surface area contributed by atoms with E-state index < -0.39 is 5.63 Å². The highest BCUT2D eigenvalue weighted by Crippen LogP contribution is 2.32. The highest BCUT2D eigenvalue weighted by Gasteiger charge is 2.33. The summed E-state index contributed by atoms with van der Waals surface area (Å²) in [7, 11) is 0. The monoisotopic (exact) mass is 418 g/mol. The van der Waals surface area contributed by atoms with Crippen molar-refractivity contribution in [1.82, 2.24) is 10.2 Å². The van der Waals surface area contributed by atoms with Crippen LogP contribution in [0.15, 0.2) is 21.3 Å². The van der Waals surface area contributed by atoms with E-state index in [1.807, 2.05) is 0 Å². The minimum atomic E-state index is -0.553. The van der Waals surface area contributed by atoms with Crippen molar-refractivity contribution in [3.63, 3.8) is 0 Å². The van der Waals surface area contributed by atoms with Crippen LogP contribution < -0.4 is 10.9 Å². The number of amides is 1. The third-order valence-electron chi connectivity index (χ3n) is 6.48. The molecule has 0 bridgehead atoms. The normalized spacial score (nSPS) is 22.4. The Morgan fingerprint density at radius 3 is 2.90 bits per heavy atom. The van der Waals surface area contributed by atoms with Crippen molar-refractivity contribution in [2.75, 3.05) is 19.6 Å². The summed E-state index contributed by atoms with van der Waals surface area (Å²) in [6.45, 7) is 4.77. The van der Waals surface area contributed by atoms with Crippen molar-refractivity contribution < 1.29 is 14.3 Å². The van der Waals surface area contributed by atoms with Gasteiger partial charge in [-0.15, -0.1) is 0 Å². The fourth-order valence-electron chi connectivity index (χ4n) is 4.89. The number of carbonyl (C=O) groups excluding carboxylic acids is 1. The summed E-state index contributed by atoms with van der Waals surface area (Å²) in [4.78, 5) is 27.6. The zero-order chi connectivity index (χ0) is 20.5. The summed E-state index contributed by atoms with van der Waals surface area (Å²) < 4.78 is 5.31. The molecule has 2 unspecified atom stereocenters. The Morgan fingerprint density at radius 1 is 1.28 bits per heavy atom. The summed E-state index contributed by atoms with van der Waals surface area (Å²) in [5.74, 6) is 0.165. The molecule has 2 aliphatic heterocycles. The van der Waals surface area contributed by atoms with Gasteiger partial charge in [0.05, 0.1) is 17.0 Å². The molecular formula is C22H27ClN2O4. The first-order valence-electron chi connectivity index (χ1n) is 10.4. The zero-order valence-electron chi connectivity index (χ0n) is 16.7. The van der Waals surface area contributed by atoms with Gasteiger partial charge in [-0.3, -0.25) is 4.79 Å². The van der Waals surface area contributed by atoms with Crippen molar-refractivity contribution in [3.05, 3.63) is 38.7 Å². The lowest BCUT2D eigenvalue weighted by Gasteiger charge is -2.44. The van der Waals surface area contributed by atoms with E-state index in [9.17, 15) is 14.7 Å². The molecule has 0 spiro atoms. The number of nitrogens with zero attached hydrogens (tertiary/aromatic N) is 1. The van der Waals surface area contributed by atoms with Crippen LogP contribution in [0.1, 0.15) is 43.2 Å². The number of hydrogen-bond donors (Lipinski definition) is 2. The van der Waals surface area contributed by atoms with E-state index in [2.05, 4.69) is 10.2 Å². The minimum Gasteiger partial charge on any atom is -0.506 e. The van der Waals surface area contributed by atoms with E-state index in [4.69, 9.17) is 16.0 Å². The number of nitrogens with one attached hydrogen (secondary N) is 1. The number of phenols is 1. The van der Waals surface area contributed by atoms with E-state index in [1.165, 1.54) is 44.8 Å². The quantitative estimate of drug-likeness (QED) is 0.744. The number of fused-ring (bicyclic) bond motifs is 2. The molecule has 2 aromatic rings. The van der Waals surface area contributed by atoms with Crippen molar-refractivity contribution in [3.8, 4) is 5.75 Å². The van der Waals surface area contributed by atoms with E-state index in [-0.39, 0.29) is 28.7 Å². The molecule has 7 heteroatoms. The molecule has 2 fully saturated rings. The second kappa shape index (κ2) is 8.36. The number of carbonyl (C=O) groups is 1. The molecule has 4 rings (SSSR count). The summed E-state index contributed by atoms with van der Waals surface area (Å²) in [6.07, 6.45) is 6.04. The molecule has 29 heavy (non-hydrogen) atoms. The van der Waals surface area contributed by atoms with Crippen LogP contribution in [0.3, 0.4) is 0 Å². The van der Waals surface area contributed by atoms with Gasteiger partial charge in [0.1, 0.15) is 11.3 Å². The standard InChI is InChI=1S/C22H27ClN2O4/c1-13-15-9-17(23)19(26)11-20(15)29-22(28)16(13)10-21(27)24-12-14-5-4-8-25-7-3-2-6-18(14)25/h9,11,14,18,26H,2-8,10,12H2,1H3,(H,24,27). The molecule has 2 saturated heterocycles. The first-order chi connectivity index (χ1) is 13.9. The predicted octanol–water partition coefficient (Wildman–Crippen LogP) is 3.38. The van der Waals surface area contributed by atoms with Gasteiger partial charge in [-0.25, -0.2) is 4.79 Å². The van der Waals surface area contributed by atoms with Gasteiger partial charge >= 0.3 is 5.63 Å². The molecule has 0 saturated carbocycles. The van der Waals surface area contributed by atoms with Gasteiger partial charge in [0.2, 0.25) is 5.91 Å². The van der Waals surface area contributed by atoms with Gasteiger partial charge in [-0.1, -0.05) is 18.0 Å². The molecule has 2 N–H and O–H groups in total. The van der Waals surface area contributed by atoms with Crippen molar-refractivity contribution in [2.45, 2.75) is 51.5 Å². The third kappa shape index (κ3) is 4.14. The van der Waals surface area contributed by atoms with E-state index in [0.29, 0.717) is 35.0 Å². The molecule has 156 valence electrons. The fraction of sp³-hybridized carbons (Fsp3) is 0.545. The number of benzene rings is 1. The van der Waals surface area contributed by atoms with Crippen molar-refractivity contribution in [2.24, 2.45) is 5.92 Å². The number of aromatic hydroxyl groups is 1. The largest absolute Gasteiger partial charge is 0.506 e. The molecule has 2 aliphatic rings. The maximum absolute atomic E-state index is 12.6. The van der Waals surface area contributed by atoms with Crippen molar-refractivity contribution in [1.29, 1.82) is 0 Å². The lowest BCUT2D eigenvalue weighted by molar-refractivity contribution is -0.120. The first-order valence-corrected chi connectivity index (χ1v) is 10.8. The molecule has 3 heterocycles. The highest BCUT2D eigenvalue weighted by atomic mass is 35.5. The molecule has 1 aromatic heterocycles. The Labute approximate surface area is 174 Å². The van der Waals surface area contributed by atoms with Crippen LogP contribution in [0, 0.1) is 12.8 Å². The average molecular weight is 419 g/mol. The number of hydrogen-bond acceptors (Lipinski definition) is 5. The smallest absolute Gasteiger partial charge is 0.340 e. The van der Waals surface area contributed by atoms with Gasteiger partial charge < -0.3 is 19.7 Å². The lowest BCUT2D eigenvalue weighted by atomic mass is 9.83. The Kier molecular flexibility index (Phi) is 5.83. The Hall–Kier alpha value is -2.05. The Morgan fingerprint density at radius 2 is 2.07 bits per heavy atom. The maximum atomic E-state index is 12.6. The van der Waals surface area contributed by atoms with Crippen LogP contribution in [-0.2, 0) is 11.2 Å². The van der Waals surface area contributed by atoms with E-state index >= 15 is 0 Å². The predicted molar refractivity (Wildman–Crippen MR) is 113 cm³/mol. The van der Waals surface area contributed by atoms with Crippen LogP contribution in [0.2, 0.25) is 5.02 Å². The number of aryl methyl sites for hydroxylation is 1. The topological polar surface area (TPSA) is 82.8 Å². The highest BCUT2D eigenvalue weighted by molar-refractivity contribution is 6.32. The van der Waals surface area contributed by atoms with Crippen LogP contribution in [0.4, 0.5) is 0 Å². The number of halogens is 1. The molecule has 0 aliphatic carbocycles. The van der Waals surface area contributed by atoms with Crippen LogP contribution in [-0.4, -0.2) is 41.6 Å². The fourth-order valence-corrected chi connectivity index (χ4v) is 5.05. The van der Waals surface area contributed by atoms with E-state index in [0.717, 1.165) is 6.42 Å². The Balaban J connectivity index is 1.46. The van der Waals surface area contributed by atoms with Gasteiger partial charge in [0, 0.05) is 24.0 Å². The molecule has 0 radical (unpaired) electrons. The number of phenolic OH excluding ortho intramolecular Hbond substituents is 1. The third-order valence-corrected chi connectivity index (χ3v) is 6.78. The zero-order valence-corrected chi connectivity index (χ0v) is 17.4. The lowest BCUT2D eigenvalue weighted by Crippen LogP contribution is -2.51. The summed E-state index contributed by atoms with van der Waals surface area (Å²) >= 11 is 6.00. The second-order valence-electron chi connectivity index (χ2n) is 8.28. The maximum Gasteiger partial charge on any atom is 0.340 e. The molecule has 2 atom stereocenters. The molecule has 6 nitrogen and oxygen atoms in total. The molecular weight excluding hydrogens is 392 g/mol. The first kappa shape index (κ1) is 20.2.